The molecule has 3 aliphatic heterocycles. The number of rotatable bonds is 4. The second kappa shape index (κ2) is 8.16. The molecule has 194 valence electrons. The average Bonchev–Trinajstić information content (AvgIpc) is 3.52. The van der Waals surface area contributed by atoms with E-state index in [1.807, 2.05) is 0 Å². The minimum Gasteiger partial charge on any atom is -0.480 e. The van der Waals surface area contributed by atoms with E-state index in [1.165, 1.54) is 4.57 Å². The molecule has 0 unspecified atom stereocenters. The summed E-state index contributed by atoms with van der Waals surface area (Å²) in [5.41, 5.74) is 1.05. The Morgan fingerprint density at radius 1 is 1.30 bits per heavy atom. The van der Waals surface area contributed by atoms with Gasteiger partial charge < -0.3 is 29.6 Å². The summed E-state index contributed by atoms with van der Waals surface area (Å²) in [7, 11) is 1.60. The first-order valence-electron chi connectivity index (χ1n) is 12.4. The van der Waals surface area contributed by atoms with E-state index >= 15 is 0 Å². The van der Waals surface area contributed by atoms with Crippen LogP contribution in [0.2, 0.25) is 5.02 Å². The zero-order valence-electron chi connectivity index (χ0n) is 20.0. The molecule has 9 nitrogen and oxygen atoms in total. The molecule has 2 bridgehead atoms. The number of benzene rings is 1. The van der Waals surface area contributed by atoms with Gasteiger partial charge in [-0.2, -0.15) is 4.98 Å². The predicted molar refractivity (Wildman–Crippen MR) is 136 cm³/mol. The minimum atomic E-state index is -3.10. The van der Waals surface area contributed by atoms with Crippen LogP contribution in [0, 0.1) is 5.92 Å². The smallest absolute Gasteiger partial charge is 0.301 e. The number of alkyl halides is 2. The maximum atomic E-state index is 14.9. The van der Waals surface area contributed by atoms with Crippen molar-refractivity contribution < 1.29 is 18.3 Å². The van der Waals surface area contributed by atoms with Crippen LogP contribution in [0.25, 0.3) is 10.9 Å². The molecular formula is C25H25ClF2N6O3. The van der Waals surface area contributed by atoms with Crippen LogP contribution < -0.4 is 25.8 Å². The molecule has 0 amide bonds. The van der Waals surface area contributed by atoms with E-state index in [0.29, 0.717) is 45.7 Å². The zero-order chi connectivity index (χ0) is 25.5. The molecule has 1 aromatic carbocycles. The van der Waals surface area contributed by atoms with Crippen LogP contribution in [0.5, 0.6) is 5.75 Å². The van der Waals surface area contributed by atoms with Gasteiger partial charge in [0, 0.05) is 24.7 Å². The maximum absolute atomic E-state index is 14.9. The first kappa shape index (κ1) is 23.0. The van der Waals surface area contributed by atoms with Crippen molar-refractivity contribution in [2.45, 2.75) is 43.4 Å². The van der Waals surface area contributed by atoms with Gasteiger partial charge in [0.15, 0.2) is 12.4 Å². The molecule has 1 aliphatic carbocycles. The summed E-state index contributed by atoms with van der Waals surface area (Å²) in [5, 5.41) is 7.18. The summed E-state index contributed by atoms with van der Waals surface area (Å²) in [6.07, 6.45) is 4.16. The van der Waals surface area contributed by atoms with Crippen LogP contribution in [0.4, 0.5) is 31.9 Å². The van der Waals surface area contributed by atoms with Crippen LogP contribution >= 0.6 is 11.6 Å². The van der Waals surface area contributed by atoms with Gasteiger partial charge in [-0.3, -0.25) is 4.79 Å². The van der Waals surface area contributed by atoms with Gasteiger partial charge >= 0.3 is 5.92 Å². The third kappa shape index (κ3) is 3.78. The number of aromatic nitrogens is 3. The third-order valence-corrected chi connectivity index (χ3v) is 8.04. The molecule has 2 N–H and O–H groups in total. The van der Waals surface area contributed by atoms with Crippen molar-refractivity contribution in [3.63, 3.8) is 0 Å². The molecule has 0 spiro atoms. The number of anilines is 4. The standard InChI is InChI=1S/C25H25ClF2N6O3/c1-33-18-5-4-13(30-22-17(26)8-29-24(32-22)34-9-15-7-14(34)10-36-15)6-16(18)19-20(23(33)35)37-11-25(27,28)21(31-19)12-2-3-12/h4-6,8,12,14-15,21,31H,2-3,7,9-11H2,1H3,(H,29,30,32)/t14-,15-,21+/m1/s1. The Bertz CT molecular complexity index is 1480. The van der Waals surface area contributed by atoms with Crippen LogP contribution in [0.1, 0.15) is 19.3 Å². The lowest BCUT2D eigenvalue weighted by atomic mass is 10.0. The second-order valence-corrected chi connectivity index (χ2v) is 10.7. The van der Waals surface area contributed by atoms with Crippen molar-refractivity contribution in [1.29, 1.82) is 0 Å². The molecule has 7 rings (SSSR count). The lowest BCUT2D eigenvalue weighted by molar-refractivity contribution is -0.0579. The highest BCUT2D eigenvalue weighted by Crippen LogP contribution is 2.45. The molecule has 5 heterocycles. The Balaban J connectivity index is 1.28. The van der Waals surface area contributed by atoms with E-state index in [4.69, 9.17) is 21.1 Å². The number of fused-ring (bicyclic) bond motifs is 5. The summed E-state index contributed by atoms with van der Waals surface area (Å²) < 4.78 is 42.3. The van der Waals surface area contributed by atoms with Crippen LogP contribution in [-0.4, -0.2) is 58.4 Å². The third-order valence-electron chi connectivity index (χ3n) is 7.76. The van der Waals surface area contributed by atoms with Crippen molar-refractivity contribution in [3.8, 4) is 5.75 Å². The topological polar surface area (TPSA) is 93.5 Å². The number of nitrogens with one attached hydrogen (secondary N) is 2. The molecule has 2 aromatic heterocycles. The van der Waals surface area contributed by atoms with Gasteiger partial charge in [-0.1, -0.05) is 11.6 Å². The number of aryl methyl sites for hydroxylation is 1. The summed E-state index contributed by atoms with van der Waals surface area (Å²) in [4.78, 5) is 24.2. The van der Waals surface area contributed by atoms with Crippen molar-refractivity contribution in [1.82, 2.24) is 14.5 Å². The van der Waals surface area contributed by atoms with Gasteiger partial charge in [0.2, 0.25) is 11.7 Å². The summed E-state index contributed by atoms with van der Waals surface area (Å²) >= 11 is 6.43. The fraction of sp³-hybridized carbons (Fsp3) is 0.480. The van der Waals surface area contributed by atoms with Crippen molar-refractivity contribution in [2.24, 2.45) is 13.0 Å². The van der Waals surface area contributed by atoms with Gasteiger partial charge in [-0.15, -0.1) is 0 Å². The first-order chi connectivity index (χ1) is 17.8. The van der Waals surface area contributed by atoms with Gasteiger partial charge in [0.25, 0.3) is 5.56 Å². The van der Waals surface area contributed by atoms with Crippen LogP contribution in [0.3, 0.4) is 0 Å². The number of hydrogen-bond donors (Lipinski definition) is 2. The summed E-state index contributed by atoms with van der Waals surface area (Å²) in [6.45, 7) is 0.555. The SMILES string of the molecule is Cn1c(=O)c2c(c3cc(Nc4nc(N5C[C@H]6C[C@@H]5CO6)ncc4Cl)ccc31)N[C@@H](C1CC1)C(F)(F)CO2. The zero-order valence-corrected chi connectivity index (χ0v) is 20.8. The number of morpholine rings is 1. The van der Waals surface area contributed by atoms with Gasteiger partial charge in [0.05, 0.1) is 42.2 Å². The molecular weight excluding hydrogens is 506 g/mol. The molecule has 12 heteroatoms. The highest BCUT2D eigenvalue weighted by Gasteiger charge is 2.51. The molecule has 2 saturated heterocycles. The molecule has 3 atom stereocenters. The molecule has 3 fully saturated rings. The fourth-order valence-corrected chi connectivity index (χ4v) is 5.79. The number of hydrogen-bond acceptors (Lipinski definition) is 8. The monoisotopic (exact) mass is 530 g/mol. The summed E-state index contributed by atoms with van der Waals surface area (Å²) in [6, 6.07) is 4.51. The number of ether oxygens (including phenoxy) is 2. The minimum absolute atomic E-state index is 0.0939. The lowest BCUT2D eigenvalue weighted by Crippen LogP contribution is -2.44. The second-order valence-electron chi connectivity index (χ2n) is 10.3. The molecule has 1 saturated carbocycles. The van der Waals surface area contributed by atoms with Crippen molar-refractivity contribution >= 4 is 45.6 Å². The van der Waals surface area contributed by atoms with Crippen LogP contribution in [-0.2, 0) is 11.8 Å². The van der Waals surface area contributed by atoms with E-state index in [2.05, 4.69) is 25.5 Å². The fourth-order valence-electron chi connectivity index (χ4n) is 5.65. The number of pyridine rings is 1. The van der Waals surface area contributed by atoms with Gasteiger partial charge in [-0.25, -0.2) is 13.8 Å². The first-order valence-corrected chi connectivity index (χ1v) is 12.8. The van der Waals surface area contributed by atoms with Crippen LogP contribution in [0.15, 0.2) is 29.2 Å². The lowest BCUT2D eigenvalue weighted by Gasteiger charge is -2.27. The van der Waals surface area contributed by atoms with E-state index in [9.17, 15) is 13.6 Å². The van der Waals surface area contributed by atoms with Crippen molar-refractivity contribution in [3.05, 3.63) is 39.8 Å². The van der Waals surface area contributed by atoms with E-state index in [-0.39, 0.29) is 23.8 Å². The number of nitrogens with zero attached hydrogens (tertiary/aromatic N) is 4. The molecule has 4 aliphatic rings. The van der Waals surface area contributed by atoms with E-state index in [1.54, 1.807) is 31.4 Å². The summed E-state index contributed by atoms with van der Waals surface area (Å²) in [5.74, 6) is -2.35. The van der Waals surface area contributed by atoms with Gasteiger partial charge in [0.1, 0.15) is 5.02 Å². The predicted octanol–water partition coefficient (Wildman–Crippen LogP) is 3.92. The Kier molecular flexibility index (Phi) is 5.07. The Hall–Kier alpha value is -3.18. The van der Waals surface area contributed by atoms with E-state index < -0.39 is 24.1 Å². The Morgan fingerprint density at radius 2 is 2.14 bits per heavy atom. The quantitative estimate of drug-likeness (QED) is 0.524. The van der Waals surface area contributed by atoms with Crippen molar-refractivity contribution in [2.75, 3.05) is 35.3 Å². The maximum Gasteiger partial charge on any atom is 0.301 e. The molecule has 37 heavy (non-hydrogen) atoms. The number of halogens is 3. The Morgan fingerprint density at radius 3 is 2.86 bits per heavy atom. The Labute approximate surface area is 215 Å². The van der Waals surface area contributed by atoms with Gasteiger partial charge in [-0.05, 0) is 43.4 Å². The largest absolute Gasteiger partial charge is 0.480 e. The highest BCUT2D eigenvalue weighted by molar-refractivity contribution is 6.33. The molecule has 3 aromatic rings. The molecule has 0 radical (unpaired) electrons. The average molecular weight is 531 g/mol. The normalized spacial score (nSPS) is 25.9. The van der Waals surface area contributed by atoms with E-state index in [0.717, 1.165) is 25.8 Å². The highest BCUT2D eigenvalue weighted by atomic mass is 35.5.